The van der Waals surface area contributed by atoms with Gasteiger partial charge < -0.3 is 4.98 Å². The Bertz CT molecular complexity index is 2950. The fourth-order valence-electron chi connectivity index (χ4n) is 8.99. The molecule has 10 rings (SSSR count). The molecule has 2 heterocycles. The van der Waals surface area contributed by atoms with E-state index in [4.69, 9.17) is 19.9 Å². The third kappa shape index (κ3) is 6.58. The first-order valence-corrected chi connectivity index (χ1v) is 20.5. The molecule has 9 aromatic rings. The Morgan fingerprint density at radius 3 is 1.37 bits per heavy atom. The number of pyridine rings is 1. The van der Waals surface area contributed by atoms with Gasteiger partial charge in [-0.3, -0.25) is 0 Å². The zero-order chi connectivity index (χ0) is 40.5. The molecular weight excluding hydrogens is 909 g/mol. The number of aromatic nitrogens is 4. The molecule has 0 fully saturated rings. The van der Waals surface area contributed by atoms with Gasteiger partial charge in [0.2, 0.25) is 0 Å². The summed E-state index contributed by atoms with van der Waals surface area (Å²) in [6.45, 7) is 14.2. The van der Waals surface area contributed by atoms with E-state index >= 15 is 0 Å². The predicted molar refractivity (Wildman–Crippen MR) is 244 cm³/mol. The Morgan fingerprint density at radius 1 is 0.400 bits per heavy atom. The normalized spacial score (nSPS) is 14.8. The summed E-state index contributed by atoms with van der Waals surface area (Å²) < 4.78 is 0. The molecule has 0 saturated carbocycles. The van der Waals surface area contributed by atoms with Crippen LogP contribution in [-0.2, 0) is 30.9 Å². The maximum atomic E-state index is 5.16. The SMILES string of the molecule is CC1(C)c2c[c-]c(-c3ccc(-c4nc(-c5cccc(-c6ccc7ccccc7c6)c5)nc(-c5cccc(-c6ccc7ccccc7c6)c5)n4)cn3)cc2C(C)(C)C1(C)C.[Ir]. The standard InChI is InChI=1S/C55H45N4.Ir/c1-53(2)47-27-25-43(33-48(47)54(3,4)55(53,5)6)49-28-26-46(34-56-49)52-58-50(44-19-11-17-39(31-44)41-23-21-35-13-7-9-15-37(35)29-41)57-51(59-52)45-20-12-18-40(32-45)42-24-22-36-14-8-10-16-38(36)30-42;/h7-24,26-34H,1-6H3;/q-1;. The molecule has 7 aromatic carbocycles. The summed E-state index contributed by atoms with van der Waals surface area (Å²) in [6, 6.07) is 59.3. The van der Waals surface area contributed by atoms with Crippen LogP contribution in [0.1, 0.15) is 52.7 Å². The van der Waals surface area contributed by atoms with Crippen LogP contribution in [0.3, 0.4) is 0 Å². The maximum absolute atomic E-state index is 5.16. The summed E-state index contributed by atoms with van der Waals surface area (Å²) in [4.78, 5) is 20.4. The van der Waals surface area contributed by atoms with E-state index in [1.165, 1.54) is 32.7 Å². The Labute approximate surface area is 366 Å². The van der Waals surface area contributed by atoms with Crippen LogP contribution in [-0.4, -0.2) is 19.9 Å². The van der Waals surface area contributed by atoms with Crippen molar-refractivity contribution >= 4 is 21.5 Å². The van der Waals surface area contributed by atoms with Gasteiger partial charge in [0.05, 0.1) is 0 Å². The van der Waals surface area contributed by atoms with E-state index in [2.05, 4.69) is 205 Å². The average Bonchev–Trinajstić information content (AvgIpc) is 3.38. The van der Waals surface area contributed by atoms with Crippen LogP contribution in [0.25, 0.3) is 89.2 Å². The van der Waals surface area contributed by atoms with Crippen LogP contribution in [0.5, 0.6) is 0 Å². The number of hydrogen-bond acceptors (Lipinski definition) is 4. The second-order valence-corrected chi connectivity index (χ2v) is 17.6. The second kappa shape index (κ2) is 14.9. The molecule has 295 valence electrons. The van der Waals surface area contributed by atoms with E-state index in [1.807, 2.05) is 6.20 Å². The summed E-state index contributed by atoms with van der Waals surface area (Å²) in [5.41, 5.74) is 11.8. The molecule has 0 spiro atoms. The van der Waals surface area contributed by atoms with Crippen molar-refractivity contribution in [2.45, 2.75) is 52.4 Å². The Balaban J connectivity index is 0.00000462. The molecule has 60 heavy (non-hydrogen) atoms. The second-order valence-electron chi connectivity index (χ2n) is 17.6. The van der Waals surface area contributed by atoms with Gasteiger partial charge in [0, 0.05) is 43.0 Å². The van der Waals surface area contributed by atoms with Crippen molar-refractivity contribution in [1.29, 1.82) is 0 Å². The van der Waals surface area contributed by atoms with Gasteiger partial charge in [0.15, 0.2) is 17.5 Å². The van der Waals surface area contributed by atoms with Crippen molar-refractivity contribution in [2.24, 2.45) is 5.41 Å². The summed E-state index contributed by atoms with van der Waals surface area (Å²) in [7, 11) is 0. The largest absolute Gasteiger partial charge is 0.304 e. The van der Waals surface area contributed by atoms with Crippen molar-refractivity contribution in [3.63, 3.8) is 0 Å². The predicted octanol–water partition coefficient (Wildman–Crippen LogP) is 14.0. The van der Waals surface area contributed by atoms with E-state index in [9.17, 15) is 0 Å². The number of hydrogen-bond donors (Lipinski definition) is 0. The van der Waals surface area contributed by atoms with Crippen LogP contribution in [0.15, 0.2) is 164 Å². The molecule has 0 N–H and O–H groups in total. The number of benzene rings is 7. The Kier molecular flexibility index (Phi) is 9.74. The van der Waals surface area contributed by atoms with Gasteiger partial charge in [-0.1, -0.05) is 163 Å². The quantitative estimate of drug-likeness (QED) is 0.156. The molecule has 4 nitrogen and oxygen atoms in total. The molecule has 1 aliphatic carbocycles. The van der Waals surface area contributed by atoms with Gasteiger partial charge in [-0.15, -0.1) is 34.9 Å². The van der Waals surface area contributed by atoms with Gasteiger partial charge in [-0.25, -0.2) is 15.0 Å². The van der Waals surface area contributed by atoms with Gasteiger partial charge in [-0.2, -0.15) is 0 Å². The first-order valence-electron chi connectivity index (χ1n) is 20.5. The molecular formula is C55H45IrN4-. The van der Waals surface area contributed by atoms with Crippen LogP contribution in [0.2, 0.25) is 0 Å². The van der Waals surface area contributed by atoms with Crippen molar-refractivity contribution < 1.29 is 20.1 Å². The van der Waals surface area contributed by atoms with E-state index in [0.29, 0.717) is 17.5 Å². The summed E-state index contributed by atoms with van der Waals surface area (Å²) >= 11 is 0. The fourth-order valence-corrected chi connectivity index (χ4v) is 8.99. The van der Waals surface area contributed by atoms with Crippen LogP contribution >= 0.6 is 0 Å². The van der Waals surface area contributed by atoms with Crippen LogP contribution < -0.4 is 0 Å². The van der Waals surface area contributed by atoms with E-state index in [-0.39, 0.29) is 36.4 Å². The minimum Gasteiger partial charge on any atom is -0.304 e. The van der Waals surface area contributed by atoms with Crippen molar-refractivity contribution in [2.75, 3.05) is 0 Å². The molecule has 0 unspecified atom stereocenters. The van der Waals surface area contributed by atoms with Crippen molar-refractivity contribution in [1.82, 2.24) is 19.9 Å². The molecule has 0 amide bonds. The molecule has 0 saturated heterocycles. The zero-order valence-corrected chi connectivity index (χ0v) is 37.1. The topological polar surface area (TPSA) is 51.6 Å². The molecule has 1 radical (unpaired) electrons. The minimum atomic E-state index is -0.00942. The molecule has 1 aliphatic rings. The molecule has 0 bridgehead atoms. The number of nitrogens with zero attached hydrogens (tertiary/aromatic N) is 4. The fraction of sp³-hybridized carbons (Fsp3) is 0.164. The van der Waals surface area contributed by atoms with Crippen LogP contribution in [0.4, 0.5) is 0 Å². The summed E-state index contributed by atoms with van der Waals surface area (Å²) in [5.74, 6) is 1.78. The molecule has 0 aliphatic heterocycles. The zero-order valence-electron chi connectivity index (χ0n) is 34.7. The van der Waals surface area contributed by atoms with Crippen molar-refractivity contribution in [3.8, 4) is 67.7 Å². The van der Waals surface area contributed by atoms with Gasteiger partial charge in [0.25, 0.3) is 0 Å². The summed E-state index contributed by atoms with van der Waals surface area (Å²) in [6.07, 6.45) is 1.88. The third-order valence-electron chi connectivity index (χ3n) is 13.8. The molecule has 2 aromatic heterocycles. The molecule has 5 heteroatoms. The van der Waals surface area contributed by atoms with Crippen molar-refractivity contribution in [3.05, 3.63) is 181 Å². The smallest absolute Gasteiger partial charge is 0.165 e. The minimum absolute atomic E-state index is 0. The van der Waals surface area contributed by atoms with E-state index in [0.717, 1.165) is 50.2 Å². The maximum Gasteiger partial charge on any atom is 0.165 e. The average molecular weight is 954 g/mol. The van der Waals surface area contributed by atoms with Gasteiger partial charge >= 0.3 is 0 Å². The number of fused-ring (bicyclic) bond motifs is 3. The van der Waals surface area contributed by atoms with E-state index in [1.54, 1.807) is 0 Å². The first kappa shape index (κ1) is 39.3. The summed E-state index contributed by atoms with van der Waals surface area (Å²) in [5, 5.41) is 4.85. The molecule has 0 atom stereocenters. The van der Waals surface area contributed by atoms with E-state index < -0.39 is 0 Å². The monoisotopic (exact) mass is 954 g/mol. The van der Waals surface area contributed by atoms with Gasteiger partial charge in [0.1, 0.15) is 0 Å². The van der Waals surface area contributed by atoms with Gasteiger partial charge in [-0.05, 0) is 90.0 Å². The third-order valence-corrected chi connectivity index (χ3v) is 13.8. The number of rotatable bonds is 6. The first-order chi connectivity index (χ1) is 28.5. The Morgan fingerprint density at radius 2 is 0.850 bits per heavy atom. The van der Waals surface area contributed by atoms with Crippen LogP contribution in [0, 0.1) is 11.5 Å². The Hall–Kier alpha value is -6.13.